The van der Waals surface area contributed by atoms with Crippen LogP contribution in [0.4, 0.5) is 4.39 Å². The molecule has 2 aromatic rings. The topological polar surface area (TPSA) is 32.3 Å². The predicted molar refractivity (Wildman–Crippen MR) is 109 cm³/mol. The standard InChI is InChI=1S/C24H29FN2O/c1-17(20-10-9-19-4-2-5-21(19)14-20)26-24(28)22-6-3-13-27(16-22)15-18-7-11-23(25)12-8-18/h7-12,14,17,22H,2-6,13,15-16H2,1H3,(H,26,28)/t17-,22-/m1/s1. The van der Waals surface area contributed by atoms with Gasteiger partial charge < -0.3 is 5.32 Å². The maximum Gasteiger partial charge on any atom is 0.224 e. The number of benzene rings is 2. The Bertz CT molecular complexity index is 833. The number of nitrogens with zero attached hydrogens (tertiary/aromatic N) is 1. The van der Waals surface area contributed by atoms with Crippen molar-refractivity contribution in [1.29, 1.82) is 0 Å². The normalized spacial score (nSPS) is 20.6. The molecular weight excluding hydrogens is 351 g/mol. The number of halogens is 1. The fourth-order valence-corrected chi connectivity index (χ4v) is 4.54. The Kier molecular flexibility index (Phi) is 5.77. The first-order valence-corrected chi connectivity index (χ1v) is 10.5. The number of carbonyl (C=O) groups is 1. The fraction of sp³-hybridized carbons (Fsp3) is 0.458. The minimum atomic E-state index is -0.208. The summed E-state index contributed by atoms with van der Waals surface area (Å²) in [5.74, 6) is -0.0388. The number of aryl methyl sites for hydroxylation is 2. The van der Waals surface area contributed by atoms with E-state index >= 15 is 0 Å². The van der Waals surface area contributed by atoms with Gasteiger partial charge in [0.25, 0.3) is 0 Å². The van der Waals surface area contributed by atoms with Gasteiger partial charge in [0, 0.05) is 13.1 Å². The average molecular weight is 381 g/mol. The summed E-state index contributed by atoms with van der Waals surface area (Å²) in [5, 5.41) is 3.23. The van der Waals surface area contributed by atoms with Crippen LogP contribution < -0.4 is 5.32 Å². The van der Waals surface area contributed by atoms with E-state index in [2.05, 4.69) is 35.3 Å². The van der Waals surface area contributed by atoms with Crippen LogP contribution in [0.5, 0.6) is 0 Å². The number of fused-ring (bicyclic) bond motifs is 1. The summed E-state index contributed by atoms with van der Waals surface area (Å²) in [6, 6.07) is 13.4. The van der Waals surface area contributed by atoms with E-state index in [1.54, 1.807) is 0 Å². The summed E-state index contributed by atoms with van der Waals surface area (Å²) >= 11 is 0. The highest BCUT2D eigenvalue weighted by Crippen LogP contribution is 2.26. The van der Waals surface area contributed by atoms with Crippen LogP contribution in [-0.4, -0.2) is 23.9 Å². The molecule has 0 radical (unpaired) electrons. The summed E-state index contributed by atoms with van der Waals surface area (Å²) in [6.07, 6.45) is 5.54. The lowest BCUT2D eigenvalue weighted by molar-refractivity contribution is -0.127. The summed E-state index contributed by atoms with van der Waals surface area (Å²) < 4.78 is 13.1. The van der Waals surface area contributed by atoms with Gasteiger partial charge in [0.1, 0.15) is 5.82 Å². The first-order valence-electron chi connectivity index (χ1n) is 10.5. The van der Waals surface area contributed by atoms with Crippen molar-refractivity contribution in [3.8, 4) is 0 Å². The van der Waals surface area contributed by atoms with Gasteiger partial charge in [-0.15, -0.1) is 0 Å². The summed E-state index contributed by atoms with van der Waals surface area (Å²) in [7, 11) is 0. The van der Waals surface area contributed by atoms with Crippen LogP contribution in [-0.2, 0) is 24.2 Å². The Morgan fingerprint density at radius 2 is 1.93 bits per heavy atom. The molecule has 1 amide bonds. The van der Waals surface area contributed by atoms with Crippen molar-refractivity contribution in [2.75, 3.05) is 13.1 Å². The zero-order chi connectivity index (χ0) is 19.5. The predicted octanol–water partition coefficient (Wildman–Crippen LogP) is 4.40. The van der Waals surface area contributed by atoms with Crippen LogP contribution in [0.2, 0.25) is 0 Å². The van der Waals surface area contributed by atoms with Crippen LogP contribution in [0.15, 0.2) is 42.5 Å². The minimum Gasteiger partial charge on any atom is -0.349 e. The maximum absolute atomic E-state index is 13.1. The highest BCUT2D eigenvalue weighted by Gasteiger charge is 2.27. The van der Waals surface area contributed by atoms with Crippen molar-refractivity contribution in [3.05, 3.63) is 70.5 Å². The number of hydrogen-bond donors (Lipinski definition) is 1. The third kappa shape index (κ3) is 4.44. The molecule has 3 nitrogen and oxygen atoms in total. The fourth-order valence-electron chi connectivity index (χ4n) is 4.54. The Balaban J connectivity index is 1.34. The molecule has 1 N–H and O–H groups in total. The number of piperidine rings is 1. The number of amides is 1. The molecule has 0 bridgehead atoms. The molecule has 0 spiro atoms. The largest absolute Gasteiger partial charge is 0.349 e. The lowest BCUT2D eigenvalue weighted by Gasteiger charge is -2.32. The van der Waals surface area contributed by atoms with E-state index in [-0.39, 0.29) is 23.7 Å². The molecule has 1 heterocycles. The van der Waals surface area contributed by atoms with Crippen molar-refractivity contribution in [3.63, 3.8) is 0 Å². The third-order valence-electron chi connectivity index (χ3n) is 6.18. The van der Waals surface area contributed by atoms with Crippen molar-refractivity contribution >= 4 is 5.91 Å². The lowest BCUT2D eigenvalue weighted by atomic mass is 9.95. The molecule has 4 heteroatoms. The maximum atomic E-state index is 13.1. The molecule has 2 atom stereocenters. The number of nitrogens with one attached hydrogen (secondary N) is 1. The SMILES string of the molecule is C[C@@H](NC(=O)[C@@H]1CCCN(Cc2ccc(F)cc2)C1)c1ccc2c(c1)CCC2. The van der Waals surface area contributed by atoms with Gasteiger partial charge in [-0.3, -0.25) is 9.69 Å². The number of hydrogen-bond acceptors (Lipinski definition) is 2. The molecule has 4 rings (SSSR count). The highest BCUT2D eigenvalue weighted by molar-refractivity contribution is 5.79. The molecule has 1 aliphatic carbocycles. The summed E-state index contributed by atoms with van der Waals surface area (Å²) in [5.41, 5.74) is 5.20. The third-order valence-corrected chi connectivity index (χ3v) is 6.18. The van der Waals surface area contributed by atoms with Crippen molar-refractivity contribution < 1.29 is 9.18 Å². The van der Waals surface area contributed by atoms with Gasteiger partial charge in [-0.2, -0.15) is 0 Å². The number of carbonyl (C=O) groups excluding carboxylic acids is 1. The Morgan fingerprint density at radius 1 is 1.14 bits per heavy atom. The van der Waals surface area contributed by atoms with E-state index in [0.29, 0.717) is 0 Å². The minimum absolute atomic E-state index is 0.0195. The summed E-state index contributed by atoms with van der Waals surface area (Å²) in [6.45, 7) is 4.60. The molecule has 1 fully saturated rings. The quantitative estimate of drug-likeness (QED) is 0.834. The van der Waals surface area contributed by atoms with E-state index < -0.39 is 0 Å². The molecule has 2 aliphatic rings. The molecule has 0 unspecified atom stereocenters. The van der Waals surface area contributed by atoms with E-state index in [1.165, 1.54) is 41.7 Å². The molecule has 1 saturated heterocycles. The smallest absolute Gasteiger partial charge is 0.224 e. The monoisotopic (exact) mass is 380 g/mol. The van der Waals surface area contributed by atoms with Gasteiger partial charge in [-0.05, 0) is 80.0 Å². The van der Waals surface area contributed by atoms with Crippen LogP contribution >= 0.6 is 0 Å². The van der Waals surface area contributed by atoms with Crippen LogP contribution in [0.3, 0.4) is 0 Å². The van der Waals surface area contributed by atoms with E-state index in [4.69, 9.17) is 0 Å². The zero-order valence-electron chi connectivity index (χ0n) is 16.6. The Labute approximate surface area is 166 Å². The van der Waals surface area contributed by atoms with E-state index in [1.807, 2.05) is 12.1 Å². The van der Waals surface area contributed by atoms with Gasteiger partial charge in [0.15, 0.2) is 0 Å². The molecule has 1 aliphatic heterocycles. The molecule has 148 valence electrons. The van der Waals surface area contributed by atoms with Crippen LogP contribution in [0, 0.1) is 11.7 Å². The first kappa shape index (κ1) is 19.1. The highest BCUT2D eigenvalue weighted by atomic mass is 19.1. The van der Waals surface area contributed by atoms with Crippen molar-refractivity contribution in [2.45, 2.75) is 51.6 Å². The number of rotatable bonds is 5. The molecule has 28 heavy (non-hydrogen) atoms. The second-order valence-corrected chi connectivity index (χ2v) is 8.31. The van der Waals surface area contributed by atoms with Crippen LogP contribution in [0.25, 0.3) is 0 Å². The van der Waals surface area contributed by atoms with E-state index in [0.717, 1.165) is 44.5 Å². The van der Waals surface area contributed by atoms with Gasteiger partial charge in [-0.25, -0.2) is 4.39 Å². The Hall–Kier alpha value is -2.20. The number of likely N-dealkylation sites (tertiary alicyclic amines) is 1. The molecule has 0 saturated carbocycles. The van der Waals surface area contributed by atoms with Gasteiger partial charge in [0.2, 0.25) is 5.91 Å². The second-order valence-electron chi connectivity index (χ2n) is 8.31. The van der Waals surface area contributed by atoms with Gasteiger partial charge >= 0.3 is 0 Å². The average Bonchev–Trinajstić information content (AvgIpc) is 3.18. The molecule has 0 aromatic heterocycles. The van der Waals surface area contributed by atoms with Gasteiger partial charge in [-0.1, -0.05) is 30.3 Å². The Morgan fingerprint density at radius 3 is 2.75 bits per heavy atom. The second kappa shape index (κ2) is 8.44. The van der Waals surface area contributed by atoms with Crippen LogP contribution in [0.1, 0.15) is 54.5 Å². The molecule has 2 aromatic carbocycles. The summed E-state index contributed by atoms with van der Waals surface area (Å²) in [4.78, 5) is 15.2. The molecular formula is C24H29FN2O. The first-order chi connectivity index (χ1) is 13.6. The zero-order valence-corrected chi connectivity index (χ0v) is 16.6. The van der Waals surface area contributed by atoms with Crippen molar-refractivity contribution in [1.82, 2.24) is 10.2 Å². The van der Waals surface area contributed by atoms with Crippen molar-refractivity contribution in [2.24, 2.45) is 5.92 Å². The lowest BCUT2D eigenvalue weighted by Crippen LogP contribution is -2.43. The van der Waals surface area contributed by atoms with Gasteiger partial charge in [0.05, 0.1) is 12.0 Å². The van der Waals surface area contributed by atoms with E-state index in [9.17, 15) is 9.18 Å².